The highest BCUT2D eigenvalue weighted by molar-refractivity contribution is 6.00. The highest BCUT2D eigenvalue weighted by Crippen LogP contribution is 1.95. The molecule has 0 aliphatic heterocycles. The van der Waals surface area contributed by atoms with Gasteiger partial charge >= 0.3 is 0 Å². The van der Waals surface area contributed by atoms with Gasteiger partial charge in [0.25, 0.3) is 0 Å². The van der Waals surface area contributed by atoms with Crippen molar-refractivity contribution in [2.24, 2.45) is 0 Å². The molecule has 32 heavy (non-hydrogen) atoms. The van der Waals surface area contributed by atoms with Crippen LogP contribution in [0.3, 0.4) is 0 Å². The van der Waals surface area contributed by atoms with E-state index in [-0.39, 0.29) is 11.6 Å². The summed E-state index contributed by atoms with van der Waals surface area (Å²) in [5.41, 5.74) is 3.13. The van der Waals surface area contributed by atoms with Gasteiger partial charge in [-0.2, -0.15) is 0 Å². The molecule has 1 aliphatic rings. The average molecular weight is 417 g/mol. The van der Waals surface area contributed by atoms with Crippen LogP contribution in [0.1, 0.15) is 27.7 Å². The van der Waals surface area contributed by atoms with Crippen molar-refractivity contribution in [2.75, 3.05) is 0 Å². The highest BCUT2D eigenvalue weighted by atomic mass is 16.1. The van der Waals surface area contributed by atoms with Gasteiger partial charge in [0.15, 0.2) is 11.6 Å². The first-order valence-electron chi connectivity index (χ1n) is 9.88. The number of carbonyl (C=O) groups excluding carboxylic acids is 2. The van der Waals surface area contributed by atoms with Crippen molar-refractivity contribution in [3.8, 4) is 47.4 Å². The Morgan fingerprint density at radius 2 is 0.656 bits per heavy atom. The fraction of sp³-hybridized carbons (Fsp3) is 0.133. The SMILES string of the molecule is CC1=C/C=C/C(=O)/C=C/C=C(C)C#CC#CC(C)=C/C=C/C(=O)/C=C/C=C(C)C#CC#C1. The van der Waals surface area contributed by atoms with Crippen LogP contribution in [0, 0.1) is 47.4 Å². The second-order valence-electron chi connectivity index (χ2n) is 6.64. The minimum absolute atomic E-state index is 0.138. The topological polar surface area (TPSA) is 34.1 Å². The Hall–Kier alpha value is -4.50. The number of carbonyl (C=O) groups is 2. The van der Waals surface area contributed by atoms with E-state index < -0.39 is 0 Å². The predicted molar refractivity (Wildman–Crippen MR) is 133 cm³/mol. The number of hydrogen-bond donors (Lipinski definition) is 0. The molecule has 0 bridgehead atoms. The number of hydrogen-bond acceptors (Lipinski definition) is 2. The molecule has 0 aromatic rings. The molecule has 0 spiro atoms. The van der Waals surface area contributed by atoms with Crippen LogP contribution in [-0.4, -0.2) is 11.6 Å². The van der Waals surface area contributed by atoms with E-state index in [0.29, 0.717) is 0 Å². The second-order valence-corrected chi connectivity index (χ2v) is 6.64. The summed E-state index contributed by atoms with van der Waals surface area (Å²) in [5, 5.41) is 0. The summed E-state index contributed by atoms with van der Waals surface area (Å²) in [7, 11) is 0. The smallest absolute Gasteiger partial charge is 0.178 e. The van der Waals surface area contributed by atoms with E-state index in [1.165, 1.54) is 24.3 Å². The average Bonchev–Trinajstić information content (AvgIpc) is 2.74. The fourth-order valence-electron chi connectivity index (χ4n) is 1.95. The third-order valence-corrected chi connectivity index (χ3v) is 3.59. The number of allylic oxidation sites excluding steroid dienone is 16. The van der Waals surface area contributed by atoms with Gasteiger partial charge in [-0.15, -0.1) is 0 Å². The van der Waals surface area contributed by atoms with Crippen molar-refractivity contribution in [1.82, 2.24) is 0 Å². The zero-order valence-electron chi connectivity index (χ0n) is 18.7. The van der Waals surface area contributed by atoms with E-state index >= 15 is 0 Å². The third-order valence-electron chi connectivity index (χ3n) is 3.59. The zero-order valence-corrected chi connectivity index (χ0v) is 18.7. The Labute approximate surface area is 191 Å². The van der Waals surface area contributed by atoms with Crippen molar-refractivity contribution in [3.05, 3.63) is 95.2 Å². The lowest BCUT2D eigenvalue weighted by Gasteiger charge is -1.85. The number of ketones is 2. The summed E-state index contributed by atoms with van der Waals surface area (Å²) >= 11 is 0. The van der Waals surface area contributed by atoms with Crippen LogP contribution in [0.2, 0.25) is 0 Å². The molecule has 1 aliphatic carbocycles. The standard InChI is InChI=1S/C30H24O2/c1-25-13-5-6-14-26(2)18-11-23-30(32)24-12-20-28(4)16-8-7-15-27(3)19-10-22-29(31)21-9-17-25/h9-12,17-24H,1-4H3/b21-9+,22-10+,23-11+,24-12+,25-17?,26-18?,27-19?,28-20?. The van der Waals surface area contributed by atoms with Crippen LogP contribution < -0.4 is 0 Å². The first kappa shape index (κ1) is 25.5. The van der Waals surface area contributed by atoms with E-state index in [0.717, 1.165) is 22.3 Å². The van der Waals surface area contributed by atoms with Gasteiger partial charge in [0, 0.05) is 0 Å². The largest absolute Gasteiger partial charge is 0.290 e. The molecule has 0 aromatic carbocycles. The molecular formula is C30H24O2. The van der Waals surface area contributed by atoms with Crippen LogP contribution >= 0.6 is 0 Å². The molecule has 0 saturated heterocycles. The molecule has 0 amide bonds. The van der Waals surface area contributed by atoms with E-state index in [1.807, 2.05) is 27.7 Å². The summed E-state index contributed by atoms with van der Waals surface area (Å²) < 4.78 is 0. The Kier molecular flexibility index (Phi) is 12.3. The van der Waals surface area contributed by atoms with E-state index in [1.54, 1.807) is 48.6 Å². The lowest BCUT2D eigenvalue weighted by Crippen LogP contribution is -1.83. The Balaban J connectivity index is 3.16. The molecule has 2 heteroatoms. The van der Waals surface area contributed by atoms with E-state index in [4.69, 9.17) is 0 Å². The Morgan fingerprint density at radius 3 is 0.875 bits per heavy atom. The van der Waals surface area contributed by atoms with Crippen molar-refractivity contribution in [3.63, 3.8) is 0 Å². The van der Waals surface area contributed by atoms with Gasteiger partial charge < -0.3 is 0 Å². The molecule has 0 heterocycles. The van der Waals surface area contributed by atoms with Gasteiger partial charge in [-0.3, -0.25) is 9.59 Å². The molecule has 1 rings (SSSR count). The van der Waals surface area contributed by atoms with Crippen molar-refractivity contribution in [2.45, 2.75) is 27.7 Å². The summed E-state index contributed by atoms with van der Waals surface area (Å²) in [6, 6.07) is 0. The van der Waals surface area contributed by atoms with Crippen molar-refractivity contribution >= 4 is 11.6 Å². The van der Waals surface area contributed by atoms with E-state index in [2.05, 4.69) is 47.4 Å². The second kappa shape index (κ2) is 15.4. The lowest BCUT2D eigenvalue weighted by atomic mass is 10.2. The molecule has 0 aromatic heterocycles. The summed E-state index contributed by atoms with van der Waals surface area (Å²) in [6.07, 6.45) is 19.4. The molecule has 0 unspecified atom stereocenters. The molecule has 0 atom stereocenters. The lowest BCUT2D eigenvalue weighted by molar-refractivity contribution is -0.111. The zero-order chi connectivity index (χ0) is 23.6. The Morgan fingerprint density at radius 1 is 0.438 bits per heavy atom. The molecule has 2 nitrogen and oxygen atoms in total. The van der Waals surface area contributed by atoms with Gasteiger partial charge in [-0.25, -0.2) is 0 Å². The summed E-state index contributed by atoms with van der Waals surface area (Å²) in [6.45, 7) is 7.35. The van der Waals surface area contributed by atoms with Gasteiger partial charge in [0.05, 0.1) is 0 Å². The first-order chi connectivity index (χ1) is 15.4. The predicted octanol–water partition coefficient (Wildman–Crippen LogP) is 5.16. The molecule has 0 fully saturated rings. The molecule has 156 valence electrons. The highest BCUT2D eigenvalue weighted by Gasteiger charge is 1.88. The van der Waals surface area contributed by atoms with Crippen molar-refractivity contribution < 1.29 is 9.59 Å². The first-order valence-corrected chi connectivity index (χ1v) is 9.88. The van der Waals surface area contributed by atoms with Gasteiger partial charge in [0.1, 0.15) is 0 Å². The molecule has 0 N–H and O–H groups in total. The maximum Gasteiger partial charge on any atom is 0.178 e. The van der Waals surface area contributed by atoms with Crippen LogP contribution in [-0.2, 0) is 9.59 Å². The van der Waals surface area contributed by atoms with Gasteiger partial charge in [0.2, 0.25) is 0 Å². The van der Waals surface area contributed by atoms with Crippen LogP contribution in [0.25, 0.3) is 0 Å². The molecule has 0 saturated carbocycles. The van der Waals surface area contributed by atoms with Gasteiger partial charge in [-0.1, -0.05) is 72.3 Å². The summed E-state index contributed by atoms with van der Waals surface area (Å²) in [5.74, 6) is 22.4. The minimum atomic E-state index is -0.138. The number of rotatable bonds is 0. The monoisotopic (exact) mass is 416 g/mol. The minimum Gasteiger partial charge on any atom is -0.290 e. The van der Waals surface area contributed by atoms with Crippen LogP contribution in [0.15, 0.2) is 95.2 Å². The molecule has 0 radical (unpaired) electrons. The normalized spacial score (nSPS) is 19.2. The van der Waals surface area contributed by atoms with Crippen molar-refractivity contribution in [1.29, 1.82) is 0 Å². The van der Waals surface area contributed by atoms with E-state index in [9.17, 15) is 9.59 Å². The maximum absolute atomic E-state index is 11.9. The van der Waals surface area contributed by atoms with Crippen LogP contribution in [0.4, 0.5) is 0 Å². The molecular weight excluding hydrogens is 392 g/mol. The maximum atomic E-state index is 11.9. The fourth-order valence-corrected chi connectivity index (χ4v) is 1.95. The summed E-state index contributed by atoms with van der Waals surface area (Å²) in [4.78, 5) is 23.7. The van der Waals surface area contributed by atoms with Crippen LogP contribution in [0.5, 0.6) is 0 Å². The third kappa shape index (κ3) is 13.6. The quantitative estimate of drug-likeness (QED) is 0.511. The van der Waals surface area contributed by atoms with Gasteiger partial charge in [-0.05, 0) is 98.0 Å². The Bertz CT molecular complexity index is 1040.